The van der Waals surface area contributed by atoms with Crippen LogP contribution in [0.3, 0.4) is 0 Å². The number of nitrogens with one attached hydrogen (secondary N) is 1. The van der Waals surface area contributed by atoms with Gasteiger partial charge in [-0.1, -0.05) is 12.1 Å². The minimum absolute atomic E-state index is 0.111. The van der Waals surface area contributed by atoms with Gasteiger partial charge in [0.2, 0.25) is 0 Å². The van der Waals surface area contributed by atoms with Crippen LogP contribution in [0.2, 0.25) is 0 Å². The molecule has 2 N–H and O–H groups in total. The molecular weight excluding hydrogens is 381 g/mol. The smallest absolute Gasteiger partial charge is 0.251 e. The van der Waals surface area contributed by atoms with Crippen LogP contribution >= 0.6 is 22.6 Å². The number of hydrogen-bond donors (Lipinski definition) is 2. The van der Waals surface area contributed by atoms with E-state index in [4.69, 9.17) is 4.74 Å². The van der Waals surface area contributed by atoms with Crippen molar-refractivity contribution in [3.63, 3.8) is 0 Å². The zero-order valence-corrected chi connectivity index (χ0v) is 13.9. The largest absolute Gasteiger partial charge is 0.507 e. The number of phenols is 1. The standard InChI is InChI=1S/C16H16INO3/c1-10(11-3-6-13(21-2)7-4-11)18-16(20)12-5-8-14(17)15(19)9-12/h3-10,19H,1-2H3,(H,18,20). The molecule has 1 unspecified atom stereocenters. The van der Waals surface area contributed by atoms with E-state index in [1.54, 1.807) is 19.2 Å². The van der Waals surface area contributed by atoms with E-state index in [9.17, 15) is 9.90 Å². The Hall–Kier alpha value is -1.76. The fraction of sp³-hybridized carbons (Fsp3) is 0.188. The van der Waals surface area contributed by atoms with Crippen molar-refractivity contribution >= 4 is 28.5 Å². The quantitative estimate of drug-likeness (QED) is 0.777. The van der Waals surface area contributed by atoms with Crippen LogP contribution in [-0.2, 0) is 0 Å². The number of halogens is 1. The van der Waals surface area contributed by atoms with Crippen LogP contribution in [0.25, 0.3) is 0 Å². The van der Waals surface area contributed by atoms with E-state index in [1.165, 1.54) is 6.07 Å². The average Bonchev–Trinajstić information content (AvgIpc) is 2.50. The zero-order valence-electron chi connectivity index (χ0n) is 11.8. The topological polar surface area (TPSA) is 58.6 Å². The number of carbonyl (C=O) groups is 1. The van der Waals surface area contributed by atoms with Gasteiger partial charge in [0.25, 0.3) is 5.91 Å². The Morgan fingerprint density at radius 3 is 2.48 bits per heavy atom. The maximum atomic E-state index is 12.2. The summed E-state index contributed by atoms with van der Waals surface area (Å²) in [4.78, 5) is 12.2. The lowest BCUT2D eigenvalue weighted by atomic mass is 10.1. The first kappa shape index (κ1) is 15.6. The van der Waals surface area contributed by atoms with Crippen LogP contribution in [-0.4, -0.2) is 18.1 Å². The van der Waals surface area contributed by atoms with Crippen molar-refractivity contribution in [3.05, 3.63) is 57.2 Å². The van der Waals surface area contributed by atoms with E-state index in [1.807, 2.05) is 53.8 Å². The Balaban J connectivity index is 2.08. The predicted molar refractivity (Wildman–Crippen MR) is 89.7 cm³/mol. The molecule has 0 bridgehead atoms. The summed E-state index contributed by atoms with van der Waals surface area (Å²) < 4.78 is 5.82. The van der Waals surface area contributed by atoms with E-state index in [-0.39, 0.29) is 17.7 Å². The average molecular weight is 397 g/mol. The fourth-order valence-electron chi connectivity index (χ4n) is 1.91. The van der Waals surface area contributed by atoms with Gasteiger partial charge in [-0.3, -0.25) is 4.79 Å². The highest BCUT2D eigenvalue weighted by Crippen LogP contribution is 2.21. The second-order valence-electron chi connectivity index (χ2n) is 4.63. The summed E-state index contributed by atoms with van der Waals surface area (Å²) in [6.45, 7) is 1.91. The first-order valence-electron chi connectivity index (χ1n) is 6.44. The normalized spacial score (nSPS) is 11.8. The lowest BCUT2D eigenvalue weighted by Gasteiger charge is -2.15. The number of amides is 1. The molecule has 0 radical (unpaired) electrons. The van der Waals surface area contributed by atoms with Crippen molar-refractivity contribution in [1.29, 1.82) is 0 Å². The van der Waals surface area contributed by atoms with Gasteiger partial charge < -0.3 is 15.2 Å². The van der Waals surface area contributed by atoms with Crippen molar-refractivity contribution in [3.8, 4) is 11.5 Å². The molecule has 2 aromatic carbocycles. The zero-order chi connectivity index (χ0) is 15.4. The molecule has 0 saturated heterocycles. The Morgan fingerprint density at radius 1 is 1.24 bits per heavy atom. The lowest BCUT2D eigenvalue weighted by Crippen LogP contribution is -2.26. The third kappa shape index (κ3) is 3.87. The molecular formula is C16H16INO3. The molecule has 4 nitrogen and oxygen atoms in total. The summed E-state index contributed by atoms with van der Waals surface area (Å²) in [5.41, 5.74) is 1.42. The molecule has 1 amide bonds. The van der Waals surface area contributed by atoms with Crippen LogP contribution in [0, 0.1) is 3.57 Å². The summed E-state index contributed by atoms with van der Waals surface area (Å²) >= 11 is 2.01. The number of methoxy groups -OCH3 is 1. The van der Waals surface area contributed by atoms with Gasteiger partial charge in [0.1, 0.15) is 11.5 Å². The highest BCUT2D eigenvalue weighted by atomic mass is 127. The summed E-state index contributed by atoms with van der Waals surface area (Å²) in [6.07, 6.45) is 0. The molecule has 2 aromatic rings. The molecule has 0 aliphatic carbocycles. The van der Waals surface area contributed by atoms with E-state index >= 15 is 0 Å². The Bertz CT molecular complexity index is 640. The predicted octanol–water partition coefficient (Wildman–Crippen LogP) is 3.50. The number of phenolic OH excluding ortho intramolecular Hbond substituents is 1. The van der Waals surface area contributed by atoms with Crippen molar-refractivity contribution in [2.24, 2.45) is 0 Å². The van der Waals surface area contributed by atoms with Crippen LogP contribution in [0.5, 0.6) is 11.5 Å². The third-order valence-corrected chi connectivity index (χ3v) is 4.08. The van der Waals surface area contributed by atoms with Gasteiger partial charge in [0.05, 0.1) is 16.7 Å². The van der Waals surface area contributed by atoms with Gasteiger partial charge in [-0.25, -0.2) is 0 Å². The summed E-state index contributed by atoms with van der Waals surface area (Å²) in [7, 11) is 1.61. The number of aromatic hydroxyl groups is 1. The first-order valence-corrected chi connectivity index (χ1v) is 7.52. The van der Waals surface area contributed by atoms with Crippen molar-refractivity contribution in [2.45, 2.75) is 13.0 Å². The fourth-order valence-corrected chi connectivity index (χ4v) is 2.25. The SMILES string of the molecule is COc1ccc(C(C)NC(=O)c2ccc(I)c(O)c2)cc1. The van der Waals surface area contributed by atoms with E-state index in [0.29, 0.717) is 9.13 Å². The summed E-state index contributed by atoms with van der Waals surface area (Å²) in [5, 5.41) is 12.6. The Morgan fingerprint density at radius 2 is 1.90 bits per heavy atom. The van der Waals surface area contributed by atoms with Crippen molar-refractivity contribution in [2.75, 3.05) is 7.11 Å². The molecule has 0 aromatic heterocycles. The number of carbonyl (C=O) groups excluding carboxylic acids is 1. The molecule has 110 valence electrons. The number of rotatable bonds is 4. The molecule has 0 fully saturated rings. The molecule has 21 heavy (non-hydrogen) atoms. The Labute approximate surface area is 137 Å². The van der Waals surface area contributed by atoms with Gasteiger partial charge in [-0.05, 0) is 65.4 Å². The van der Waals surface area contributed by atoms with Crippen molar-refractivity contribution < 1.29 is 14.6 Å². The van der Waals surface area contributed by atoms with Crippen LogP contribution in [0.15, 0.2) is 42.5 Å². The van der Waals surface area contributed by atoms with Gasteiger partial charge in [-0.2, -0.15) is 0 Å². The molecule has 0 heterocycles. The van der Waals surface area contributed by atoms with Crippen molar-refractivity contribution in [1.82, 2.24) is 5.32 Å². The second-order valence-corrected chi connectivity index (χ2v) is 5.80. The number of ether oxygens (including phenoxy) is 1. The van der Waals surface area contributed by atoms with Gasteiger partial charge in [-0.15, -0.1) is 0 Å². The van der Waals surface area contributed by atoms with Crippen LogP contribution < -0.4 is 10.1 Å². The summed E-state index contributed by atoms with van der Waals surface area (Å²) in [5.74, 6) is 0.671. The van der Waals surface area contributed by atoms with Gasteiger partial charge in [0, 0.05) is 5.56 Å². The maximum Gasteiger partial charge on any atom is 0.251 e. The highest BCUT2D eigenvalue weighted by molar-refractivity contribution is 14.1. The molecule has 0 aliphatic heterocycles. The van der Waals surface area contributed by atoms with Crippen LogP contribution in [0.4, 0.5) is 0 Å². The number of hydrogen-bond acceptors (Lipinski definition) is 3. The minimum atomic E-state index is -0.218. The molecule has 5 heteroatoms. The second kappa shape index (κ2) is 6.80. The lowest BCUT2D eigenvalue weighted by molar-refractivity contribution is 0.0939. The molecule has 0 aliphatic rings. The number of benzene rings is 2. The molecule has 0 saturated carbocycles. The van der Waals surface area contributed by atoms with Gasteiger partial charge in [0.15, 0.2) is 0 Å². The monoisotopic (exact) mass is 397 g/mol. The summed E-state index contributed by atoms with van der Waals surface area (Å²) in [6, 6.07) is 12.3. The third-order valence-electron chi connectivity index (χ3n) is 3.17. The highest BCUT2D eigenvalue weighted by Gasteiger charge is 2.12. The van der Waals surface area contributed by atoms with E-state index in [0.717, 1.165) is 11.3 Å². The first-order chi connectivity index (χ1) is 10.0. The molecule has 1 atom stereocenters. The van der Waals surface area contributed by atoms with E-state index in [2.05, 4.69) is 5.32 Å². The molecule has 2 rings (SSSR count). The van der Waals surface area contributed by atoms with E-state index < -0.39 is 0 Å². The Kier molecular flexibility index (Phi) is 5.06. The minimum Gasteiger partial charge on any atom is -0.507 e. The molecule has 0 spiro atoms. The van der Waals surface area contributed by atoms with Gasteiger partial charge >= 0.3 is 0 Å². The maximum absolute atomic E-state index is 12.2. The van der Waals surface area contributed by atoms with Crippen LogP contribution in [0.1, 0.15) is 28.9 Å².